The van der Waals surface area contributed by atoms with Crippen molar-refractivity contribution in [1.82, 2.24) is 4.98 Å². The second kappa shape index (κ2) is 12.2. The van der Waals surface area contributed by atoms with Crippen molar-refractivity contribution in [3.63, 3.8) is 0 Å². The van der Waals surface area contributed by atoms with Gasteiger partial charge >= 0.3 is 27.0 Å². The van der Waals surface area contributed by atoms with E-state index in [1.807, 2.05) is 0 Å². The quantitative estimate of drug-likeness (QED) is 0.163. The van der Waals surface area contributed by atoms with Crippen LogP contribution in [-0.2, 0) is 22.1 Å². The molecule has 32 heavy (non-hydrogen) atoms. The molecule has 0 unspecified atom stereocenters. The summed E-state index contributed by atoms with van der Waals surface area (Å²) in [5, 5.41) is 9.43. The van der Waals surface area contributed by atoms with E-state index in [0.717, 1.165) is 11.6 Å². The van der Waals surface area contributed by atoms with E-state index in [9.17, 15) is 0 Å². The Kier molecular flexibility index (Phi) is 11.6. The van der Waals surface area contributed by atoms with Gasteiger partial charge in [0.15, 0.2) is 11.6 Å². The Bertz CT molecular complexity index is 644. The van der Waals surface area contributed by atoms with E-state index in [1.54, 1.807) is 17.3 Å². The van der Waals surface area contributed by atoms with Gasteiger partial charge in [-0.05, 0) is 106 Å². The molecule has 2 N–H and O–H groups in total. The molecular weight excluding hydrogens is 545 g/mol. The van der Waals surface area contributed by atoms with Crippen molar-refractivity contribution in [2.75, 3.05) is 10.2 Å². The fourth-order valence-corrected chi connectivity index (χ4v) is 13.3. The third kappa shape index (κ3) is 7.60. The fourth-order valence-electron chi connectivity index (χ4n) is 5.78. The summed E-state index contributed by atoms with van der Waals surface area (Å²) in [5.41, 5.74) is 0. The van der Waals surface area contributed by atoms with E-state index in [-0.39, 0.29) is 0 Å². The predicted octanol–water partition coefficient (Wildman–Crippen LogP) is 7.79. The number of nitrogens with zero attached hydrogens (tertiary/aromatic N) is 1. The summed E-state index contributed by atoms with van der Waals surface area (Å²) >= 11 is 1.62. The Balaban J connectivity index is 0.00000121. The van der Waals surface area contributed by atoms with Gasteiger partial charge in [0.2, 0.25) is 0 Å². The van der Waals surface area contributed by atoms with Gasteiger partial charge in [-0.2, -0.15) is 0 Å². The molecule has 4 nitrogen and oxygen atoms in total. The molecule has 0 saturated carbocycles. The first-order chi connectivity index (χ1) is 14.8. The monoisotopic (exact) mass is 590 g/mol. The Labute approximate surface area is 213 Å². The number of rotatable bonds is 4. The van der Waals surface area contributed by atoms with E-state index >= 15 is 0 Å². The average Bonchev–Trinajstić information content (AvgIpc) is 2.71. The molecule has 1 aromatic rings. The summed E-state index contributed by atoms with van der Waals surface area (Å²) in [4.78, 5) is 12.8. The van der Waals surface area contributed by atoms with Gasteiger partial charge in [0.25, 0.3) is 0 Å². The maximum atomic E-state index is 7.75. The van der Waals surface area contributed by atoms with E-state index < -0.39 is 16.1 Å². The number of hydrogen-bond donors (Lipinski definition) is 2. The minimum atomic E-state index is -0.779. The van der Waals surface area contributed by atoms with E-state index in [0.29, 0.717) is 20.6 Å². The van der Waals surface area contributed by atoms with Crippen LogP contribution in [0.2, 0.25) is 0 Å². The molecule has 2 saturated heterocycles. The summed E-state index contributed by atoms with van der Waals surface area (Å²) in [6.07, 6.45) is 7.99. The molecule has 8 heteroatoms. The van der Waals surface area contributed by atoms with Crippen LogP contribution in [0.3, 0.4) is 0 Å². The normalized spacial score (nSPS) is 23.6. The van der Waals surface area contributed by atoms with Crippen LogP contribution in [-0.4, -0.2) is 32.4 Å². The minimum absolute atomic E-state index is 0.386. The molecule has 0 radical (unpaired) electrons. The SMILES string of the molecule is CC1(C)CCCC(C)(C)[PH+]1Nc1cccc(N[PH+]2C(C)(C)CCCC2(C)C)n1.[CH-]=O.[Cl][RuH]. The van der Waals surface area contributed by atoms with Crippen LogP contribution in [0.25, 0.3) is 0 Å². The van der Waals surface area contributed by atoms with Crippen molar-refractivity contribution in [2.24, 2.45) is 0 Å². The van der Waals surface area contributed by atoms with Crippen LogP contribution in [0, 0.1) is 0 Å². The van der Waals surface area contributed by atoms with Crippen molar-refractivity contribution in [2.45, 2.75) is 115 Å². The molecule has 3 rings (SSSR count). The molecule has 0 aromatic carbocycles. The van der Waals surface area contributed by atoms with Crippen LogP contribution in [0.5, 0.6) is 0 Å². The topological polar surface area (TPSA) is 54.0 Å². The molecule has 0 spiro atoms. The van der Waals surface area contributed by atoms with Crippen molar-refractivity contribution < 1.29 is 22.1 Å². The Morgan fingerprint density at radius 2 is 1.03 bits per heavy atom. The van der Waals surface area contributed by atoms with E-state index in [4.69, 9.17) is 9.78 Å². The van der Waals surface area contributed by atoms with Gasteiger partial charge in [0.05, 0.1) is 20.6 Å². The standard InChI is InChI=1S/C23H41N3P2.CHO.ClH.Ru.H/c1-20(2)14-10-15-21(3,4)27(20)25-18-12-9-13-19(24-18)26-28-22(5,6)16-11-17-23(28,7)8;1-2;;;/h9,12-13H,10-11,14-17H2,1-8H3,(H2,24,25,26);1H;1H;;/q;-1;;+1;/p+1. The molecule has 0 atom stereocenters. The molecule has 0 aliphatic carbocycles. The van der Waals surface area contributed by atoms with Crippen molar-refractivity contribution >= 4 is 44.3 Å². The van der Waals surface area contributed by atoms with Gasteiger partial charge in [-0.15, -0.1) is 0 Å². The molecule has 186 valence electrons. The van der Waals surface area contributed by atoms with Gasteiger partial charge in [-0.1, -0.05) is 6.07 Å². The number of aromatic nitrogens is 1. The Morgan fingerprint density at radius 1 is 0.750 bits per heavy atom. The summed E-state index contributed by atoms with van der Waals surface area (Å²) in [5.74, 6) is 2.13. The van der Waals surface area contributed by atoms with Crippen LogP contribution >= 0.6 is 25.8 Å². The van der Waals surface area contributed by atoms with E-state index in [2.05, 4.69) is 100 Å². The number of halogens is 1. The molecule has 2 aliphatic rings. The molecule has 0 bridgehead atoms. The van der Waals surface area contributed by atoms with Crippen LogP contribution in [0.1, 0.15) is 93.9 Å². The summed E-state index contributed by atoms with van der Waals surface area (Å²) in [6, 6.07) is 6.50. The van der Waals surface area contributed by atoms with Gasteiger partial charge in [-0.25, -0.2) is 15.2 Å². The van der Waals surface area contributed by atoms with Gasteiger partial charge in [0, 0.05) is 0 Å². The Morgan fingerprint density at radius 3 is 1.31 bits per heavy atom. The first-order valence-electron chi connectivity index (χ1n) is 11.5. The zero-order valence-electron chi connectivity index (χ0n) is 21.2. The first-order valence-corrected chi connectivity index (χ1v) is 16.9. The summed E-state index contributed by atoms with van der Waals surface area (Å²) < 4.78 is 0. The number of pyridine rings is 1. The molecule has 3 heterocycles. The van der Waals surface area contributed by atoms with Crippen LogP contribution in [0.4, 0.5) is 11.6 Å². The maximum absolute atomic E-state index is 7.75. The number of carbonyl (C=O) groups excluding carboxylic acids is 1. The van der Waals surface area contributed by atoms with Gasteiger partial charge in [0.1, 0.15) is 16.1 Å². The second-order valence-corrected chi connectivity index (χ2v) is 19.1. The van der Waals surface area contributed by atoms with Crippen LogP contribution in [0.15, 0.2) is 18.2 Å². The van der Waals surface area contributed by atoms with E-state index in [1.165, 1.54) is 38.5 Å². The first kappa shape index (κ1) is 30.2. The zero-order valence-corrected chi connectivity index (χ0v) is 25.8. The second-order valence-electron chi connectivity index (χ2n) is 11.7. The summed E-state index contributed by atoms with van der Waals surface area (Å²) in [7, 11) is 3.05. The number of nitrogens with one attached hydrogen (secondary N) is 2. The van der Waals surface area contributed by atoms with Crippen molar-refractivity contribution in [3.8, 4) is 0 Å². The van der Waals surface area contributed by atoms with Crippen LogP contribution < -0.4 is 10.2 Å². The molecule has 0 amide bonds. The third-order valence-electron chi connectivity index (χ3n) is 7.17. The molecule has 1 aromatic heterocycles. The summed E-state index contributed by atoms with van der Waals surface area (Å²) in [6.45, 7) is 22.9. The number of hydrogen-bond acceptors (Lipinski definition) is 4. The van der Waals surface area contributed by atoms with Gasteiger partial charge < -0.3 is 4.79 Å². The van der Waals surface area contributed by atoms with Crippen molar-refractivity contribution in [1.29, 1.82) is 0 Å². The molecule has 2 aliphatic heterocycles. The fraction of sp³-hybridized carbons (Fsp3) is 0.750. The van der Waals surface area contributed by atoms with Crippen molar-refractivity contribution in [3.05, 3.63) is 18.2 Å². The molecule has 2 fully saturated rings. The predicted molar refractivity (Wildman–Crippen MR) is 146 cm³/mol. The Hall–Kier alpha value is 0.193. The third-order valence-corrected chi connectivity index (χ3v) is 14.6. The zero-order chi connectivity index (χ0) is 24.8. The van der Waals surface area contributed by atoms with Gasteiger partial charge in [-0.3, -0.25) is 6.79 Å². The average molecular weight is 590 g/mol. The number of anilines is 2. The molecular formula is C24H45ClN3OP2Ru+.